The van der Waals surface area contributed by atoms with Crippen molar-refractivity contribution in [2.75, 3.05) is 32.7 Å². The van der Waals surface area contributed by atoms with Crippen LogP contribution in [0.5, 0.6) is 0 Å². The third-order valence-electron chi connectivity index (χ3n) is 5.06. The van der Waals surface area contributed by atoms with E-state index in [1.54, 1.807) is 0 Å². The molecular formula is C17H36N2. The molecule has 1 fully saturated rings. The van der Waals surface area contributed by atoms with Crippen LogP contribution >= 0.6 is 0 Å². The molecule has 0 bridgehead atoms. The van der Waals surface area contributed by atoms with E-state index < -0.39 is 0 Å². The molecule has 0 radical (unpaired) electrons. The highest BCUT2D eigenvalue weighted by Crippen LogP contribution is 2.30. The minimum atomic E-state index is 0.484. The van der Waals surface area contributed by atoms with Gasteiger partial charge in [-0.05, 0) is 49.6 Å². The number of likely N-dealkylation sites (tertiary alicyclic amines) is 1. The second-order valence-corrected chi connectivity index (χ2v) is 7.03. The summed E-state index contributed by atoms with van der Waals surface area (Å²) in [5, 5.41) is 3.70. The molecule has 1 aliphatic rings. The Bertz CT molecular complexity index is 233. The van der Waals surface area contributed by atoms with E-state index in [2.05, 4.69) is 44.8 Å². The van der Waals surface area contributed by atoms with Crippen LogP contribution in [0.1, 0.15) is 60.3 Å². The van der Waals surface area contributed by atoms with Crippen molar-refractivity contribution in [2.45, 2.75) is 60.3 Å². The summed E-state index contributed by atoms with van der Waals surface area (Å²) in [6.07, 6.45) is 5.36. The molecule has 0 saturated carbocycles. The van der Waals surface area contributed by atoms with Gasteiger partial charge in [0.25, 0.3) is 0 Å². The summed E-state index contributed by atoms with van der Waals surface area (Å²) in [5.74, 6) is 1.71. The summed E-state index contributed by atoms with van der Waals surface area (Å²) in [5.41, 5.74) is 0.484. The number of rotatable bonds is 9. The molecule has 1 heterocycles. The van der Waals surface area contributed by atoms with Crippen molar-refractivity contribution in [1.82, 2.24) is 10.2 Å². The lowest BCUT2D eigenvalue weighted by Crippen LogP contribution is -2.43. The van der Waals surface area contributed by atoms with E-state index in [0.717, 1.165) is 18.4 Å². The maximum Gasteiger partial charge on any atom is 0.00501 e. The molecule has 0 amide bonds. The maximum absolute atomic E-state index is 3.70. The second kappa shape index (κ2) is 8.26. The van der Waals surface area contributed by atoms with E-state index in [1.165, 1.54) is 51.9 Å². The van der Waals surface area contributed by atoms with Crippen LogP contribution in [0.3, 0.4) is 0 Å². The van der Waals surface area contributed by atoms with E-state index in [9.17, 15) is 0 Å². The van der Waals surface area contributed by atoms with Crippen LogP contribution in [0.15, 0.2) is 0 Å². The van der Waals surface area contributed by atoms with Gasteiger partial charge in [-0.15, -0.1) is 0 Å². The topological polar surface area (TPSA) is 15.3 Å². The molecule has 0 aromatic rings. The van der Waals surface area contributed by atoms with Crippen LogP contribution in [0.2, 0.25) is 0 Å². The lowest BCUT2D eigenvalue weighted by atomic mass is 9.81. The highest BCUT2D eigenvalue weighted by molar-refractivity contribution is 4.86. The summed E-state index contributed by atoms with van der Waals surface area (Å²) in [7, 11) is 0. The Morgan fingerprint density at radius 2 is 1.89 bits per heavy atom. The molecule has 1 unspecified atom stereocenters. The van der Waals surface area contributed by atoms with Gasteiger partial charge in [0.15, 0.2) is 0 Å². The minimum Gasteiger partial charge on any atom is -0.316 e. The quantitative estimate of drug-likeness (QED) is 0.685. The maximum atomic E-state index is 3.70. The summed E-state index contributed by atoms with van der Waals surface area (Å²) in [6, 6.07) is 0. The number of nitrogens with zero attached hydrogens (tertiary/aromatic N) is 1. The van der Waals surface area contributed by atoms with Crippen molar-refractivity contribution in [3.63, 3.8) is 0 Å². The Morgan fingerprint density at radius 3 is 2.37 bits per heavy atom. The molecule has 114 valence electrons. The van der Waals surface area contributed by atoms with Crippen LogP contribution in [-0.4, -0.2) is 37.6 Å². The highest BCUT2D eigenvalue weighted by atomic mass is 15.2. The molecule has 0 aromatic carbocycles. The normalized spacial score (nSPS) is 21.5. The Balaban J connectivity index is 2.46. The zero-order valence-electron chi connectivity index (χ0n) is 14.0. The number of hydrogen-bond acceptors (Lipinski definition) is 2. The smallest absolute Gasteiger partial charge is 0.00501 e. The Labute approximate surface area is 121 Å². The zero-order valence-corrected chi connectivity index (χ0v) is 14.0. The van der Waals surface area contributed by atoms with Gasteiger partial charge in [-0.1, -0.05) is 41.0 Å². The van der Waals surface area contributed by atoms with Crippen LogP contribution in [0, 0.1) is 17.3 Å². The predicted octanol–water partition coefficient (Wildman–Crippen LogP) is 3.77. The van der Waals surface area contributed by atoms with E-state index in [4.69, 9.17) is 0 Å². The average Bonchev–Trinajstić information content (AvgIpc) is 2.84. The Hall–Kier alpha value is -0.0800. The van der Waals surface area contributed by atoms with Gasteiger partial charge in [0.05, 0.1) is 0 Å². The molecule has 1 atom stereocenters. The first-order valence-corrected chi connectivity index (χ1v) is 8.48. The van der Waals surface area contributed by atoms with Gasteiger partial charge in [-0.3, -0.25) is 0 Å². The molecule has 0 aliphatic carbocycles. The fraction of sp³-hybridized carbons (Fsp3) is 1.00. The lowest BCUT2D eigenvalue weighted by Gasteiger charge is -2.36. The van der Waals surface area contributed by atoms with Gasteiger partial charge in [0.1, 0.15) is 0 Å². The van der Waals surface area contributed by atoms with Crippen LogP contribution in [0.4, 0.5) is 0 Å². The predicted molar refractivity (Wildman–Crippen MR) is 85.6 cm³/mol. The Morgan fingerprint density at radius 1 is 1.21 bits per heavy atom. The standard InChI is InChI=1S/C17H36N2/c1-6-16-9-10-19(12-16)14-17(7-2,8-3)13-18-11-15(4)5/h15-16,18H,6-14H2,1-5H3. The zero-order chi connectivity index (χ0) is 14.3. The summed E-state index contributed by atoms with van der Waals surface area (Å²) < 4.78 is 0. The molecule has 1 rings (SSSR count). The van der Waals surface area contributed by atoms with E-state index in [0.29, 0.717) is 5.41 Å². The van der Waals surface area contributed by atoms with Gasteiger partial charge in [0.2, 0.25) is 0 Å². The summed E-state index contributed by atoms with van der Waals surface area (Å²) in [6.45, 7) is 17.9. The first-order valence-electron chi connectivity index (χ1n) is 8.48. The van der Waals surface area contributed by atoms with Gasteiger partial charge < -0.3 is 10.2 Å². The SMILES string of the molecule is CCC1CCN(CC(CC)(CC)CNCC(C)C)C1. The second-order valence-electron chi connectivity index (χ2n) is 7.03. The molecule has 2 heteroatoms. The van der Waals surface area contributed by atoms with Crippen LogP contribution in [-0.2, 0) is 0 Å². The first-order chi connectivity index (χ1) is 9.05. The van der Waals surface area contributed by atoms with E-state index in [1.807, 2.05) is 0 Å². The van der Waals surface area contributed by atoms with E-state index >= 15 is 0 Å². The Kier molecular flexibility index (Phi) is 7.38. The first kappa shape index (κ1) is 17.0. The molecule has 2 nitrogen and oxygen atoms in total. The minimum absolute atomic E-state index is 0.484. The third-order valence-corrected chi connectivity index (χ3v) is 5.06. The fourth-order valence-electron chi connectivity index (χ4n) is 3.27. The van der Waals surface area contributed by atoms with Crippen molar-refractivity contribution in [1.29, 1.82) is 0 Å². The highest BCUT2D eigenvalue weighted by Gasteiger charge is 2.31. The van der Waals surface area contributed by atoms with Gasteiger partial charge in [0, 0.05) is 19.6 Å². The molecular weight excluding hydrogens is 232 g/mol. The number of nitrogens with one attached hydrogen (secondary N) is 1. The monoisotopic (exact) mass is 268 g/mol. The van der Waals surface area contributed by atoms with Crippen molar-refractivity contribution < 1.29 is 0 Å². The molecule has 1 saturated heterocycles. The number of hydrogen-bond donors (Lipinski definition) is 1. The average molecular weight is 268 g/mol. The molecule has 0 spiro atoms. The summed E-state index contributed by atoms with van der Waals surface area (Å²) in [4.78, 5) is 2.72. The summed E-state index contributed by atoms with van der Waals surface area (Å²) >= 11 is 0. The van der Waals surface area contributed by atoms with Crippen LogP contribution < -0.4 is 5.32 Å². The molecule has 1 aliphatic heterocycles. The van der Waals surface area contributed by atoms with Crippen LogP contribution in [0.25, 0.3) is 0 Å². The third kappa shape index (κ3) is 5.43. The van der Waals surface area contributed by atoms with Crippen molar-refractivity contribution in [3.8, 4) is 0 Å². The largest absolute Gasteiger partial charge is 0.316 e. The van der Waals surface area contributed by atoms with Crippen molar-refractivity contribution >= 4 is 0 Å². The molecule has 0 aromatic heterocycles. The van der Waals surface area contributed by atoms with Crippen molar-refractivity contribution in [2.24, 2.45) is 17.3 Å². The fourth-order valence-corrected chi connectivity index (χ4v) is 3.27. The van der Waals surface area contributed by atoms with E-state index in [-0.39, 0.29) is 0 Å². The molecule has 19 heavy (non-hydrogen) atoms. The lowest BCUT2D eigenvalue weighted by molar-refractivity contribution is 0.150. The molecule has 1 N–H and O–H groups in total. The van der Waals surface area contributed by atoms with Gasteiger partial charge in [-0.2, -0.15) is 0 Å². The van der Waals surface area contributed by atoms with Crippen molar-refractivity contribution in [3.05, 3.63) is 0 Å². The van der Waals surface area contributed by atoms with Gasteiger partial charge in [-0.25, -0.2) is 0 Å². The van der Waals surface area contributed by atoms with Gasteiger partial charge >= 0.3 is 0 Å².